The molecule has 0 aromatic heterocycles. The van der Waals surface area contributed by atoms with Crippen LogP contribution in [0.5, 0.6) is 5.75 Å². The van der Waals surface area contributed by atoms with Gasteiger partial charge >= 0.3 is 0 Å². The van der Waals surface area contributed by atoms with Crippen LogP contribution in [-0.2, 0) is 16.0 Å². The first-order chi connectivity index (χ1) is 7.58. The Hall–Kier alpha value is -0.870. The molecule has 0 spiro atoms. The van der Waals surface area contributed by atoms with Crippen molar-refractivity contribution in [3.63, 3.8) is 0 Å². The van der Waals surface area contributed by atoms with Crippen LogP contribution < -0.4 is 4.74 Å². The normalized spacial score (nSPS) is 12.2. The molecular weight excluding hydrogens is 272 g/mol. The predicted octanol–water partition coefficient (Wildman–Crippen LogP) is 2.60. The summed E-state index contributed by atoms with van der Waals surface area (Å²) in [5.74, 6) is 0.799. The van der Waals surface area contributed by atoms with E-state index in [0.717, 1.165) is 15.8 Å². The molecule has 0 aliphatic carbocycles. The minimum Gasteiger partial charge on any atom is -0.497 e. The number of benzene rings is 1. The predicted molar refractivity (Wildman–Crippen MR) is 65.9 cm³/mol. The third kappa shape index (κ3) is 3.32. The van der Waals surface area contributed by atoms with Crippen LogP contribution in [0.3, 0.4) is 0 Å². The highest BCUT2D eigenvalue weighted by Crippen LogP contribution is 2.23. The Labute approximate surface area is 104 Å². The minimum atomic E-state index is -0.377. The zero-order valence-electron chi connectivity index (χ0n) is 9.62. The van der Waals surface area contributed by atoms with Crippen LogP contribution in [0, 0.1) is 0 Å². The number of carbonyl (C=O) groups excluding carboxylic acids is 1. The van der Waals surface area contributed by atoms with Crippen LogP contribution in [0.4, 0.5) is 0 Å². The third-order valence-corrected chi connectivity index (χ3v) is 3.20. The van der Waals surface area contributed by atoms with E-state index < -0.39 is 0 Å². The minimum absolute atomic E-state index is 0.0523. The Kier molecular flexibility index (Phi) is 4.96. The average molecular weight is 287 g/mol. The van der Waals surface area contributed by atoms with Crippen molar-refractivity contribution in [2.24, 2.45) is 0 Å². The van der Waals surface area contributed by atoms with Gasteiger partial charge in [0.25, 0.3) is 0 Å². The zero-order valence-corrected chi connectivity index (χ0v) is 11.2. The highest BCUT2D eigenvalue weighted by atomic mass is 79.9. The van der Waals surface area contributed by atoms with E-state index in [1.807, 2.05) is 18.2 Å². The first-order valence-electron chi connectivity index (χ1n) is 4.96. The second kappa shape index (κ2) is 6.01. The van der Waals surface area contributed by atoms with Crippen LogP contribution in [0.2, 0.25) is 0 Å². The molecule has 16 heavy (non-hydrogen) atoms. The fourth-order valence-electron chi connectivity index (χ4n) is 1.28. The number of hydrogen-bond acceptors (Lipinski definition) is 3. The molecule has 0 fully saturated rings. The van der Waals surface area contributed by atoms with Gasteiger partial charge < -0.3 is 9.47 Å². The fraction of sp³-hybridized carbons (Fsp3) is 0.417. The molecule has 1 rings (SSSR count). The number of halogens is 1. The lowest BCUT2D eigenvalue weighted by Gasteiger charge is -2.10. The summed E-state index contributed by atoms with van der Waals surface area (Å²) in [5.41, 5.74) is 0.910. The first-order valence-corrected chi connectivity index (χ1v) is 5.75. The molecule has 0 radical (unpaired) electrons. The van der Waals surface area contributed by atoms with E-state index in [1.165, 1.54) is 7.11 Å². The van der Waals surface area contributed by atoms with Crippen LogP contribution in [0.25, 0.3) is 0 Å². The molecule has 0 bridgehead atoms. The van der Waals surface area contributed by atoms with Gasteiger partial charge in [-0.15, -0.1) is 0 Å². The topological polar surface area (TPSA) is 35.5 Å². The van der Waals surface area contributed by atoms with Crippen LogP contribution >= 0.6 is 15.9 Å². The summed E-state index contributed by atoms with van der Waals surface area (Å²) in [6.07, 6.45) is -0.0367. The van der Waals surface area contributed by atoms with Gasteiger partial charge in [-0.25, -0.2) is 0 Å². The summed E-state index contributed by atoms with van der Waals surface area (Å²) >= 11 is 3.41. The number of ketones is 1. The molecule has 0 N–H and O–H groups in total. The summed E-state index contributed by atoms with van der Waals surface area (Å²) in [6, 6.07) is 5.57. The lowest BCUT2D eigenvalue weighted by atomic mass is 10.1. The van der Waals surface area contributed by atoms with E-state index >= 15 is 0 Å². The number of hydrogen-bond donors (Lipinski definition) is 0. The molecule has 0 saturated carbocycles. The molecule has 0 aliphatic rings. The Bertz CT molecular complexity index is 377. The first kappa shape index (κ1) is 13.2. The summed E-state index contributed by atoms with van der Waals surface area (Å²) in [4.78, 5) is 11.7. The summed E-state index contributed by atoms with van der Waals surface area (Å²) < 4.78 is 11.0. The standard InChI is InChI=1S/C12H15BrO3/c1-8(15-2)12(14)7-9-6-10(16-3)4-5-11(9)13/h4-6,8H,7H2,1-3H3. The maximum atomic E-state index is 11.7. The number of ether oxygens (including phenoxy) is 2. The van der Waals surface area contributed by atoms with Gasteiger partial charge in [-0.2, -0.15) is 0 Å². The summed E-state index contributed by atoms with van der Waals surface area (Å²) in [7, 11) is 3.13. The fourth-order valence-corrected chi connectivity index (χ4v) is 1.66. The zero-order chi connectivity index (χ0) is 12.1. The van der Waals surface area contributed by atoms with E-state index in [1.54, 1.807) is 14.0 Å². The molecule has 0 amide bonds. The highest BCUT2D eigenvalue weighted by molar-refractivity contribution is 9.10. The van der Waals surface area contributed by atoms with Crippen molar-refractivity contribution < 1.29 is 14.3 Å². The lowest BCUT2D eigenvalue weighted by molar-refractivity contribution is -0.127. The molecule has 88 valence electrons. The van der Waals surface area contributed by atoms with Gasteiger partial charge in [0.05, 0.1) is 7.11 Å². The molecule has 3 nitrogen and oxygen atoms in total. The van der Waals surface area contributed by atoms with E-state index in [9.17, 15) is 4.79 Å². The van der Waals surface area contributed by atoms with Gasteiger partial charge in [0.1, 0.15) is 11.9 Å². The second-order valence-corrected chi connectivity index (χ2v) is 4.33. The maximum Gasteiger partial charge on any atom is 0.165 e. The third-order valence-electron chi connectivity index (χ3n) is 2.42. The van der Waals surface area contributed by atoms with Crippen LogP contribution in [-0.4, -0.2) is 26.1 Å². The number of rotatable bonds is 5. The van der Waals surface area contributed by atoms with Crippen molar-refractivity contribution in [3.05, 3.63) is 28.2 Å². The van der Waals surface area contributed by atoms with Gasteiger partial charge in [0, 0.05) is 18.0 Å². The molecule has 0 saturated heterocycles. The van der Waals surface area contributed by atoms with Crippen molar-refractivity contribution in [2.45, 2.75) is 19.4 Å². The number of methoxy groups -OCH3 is 2. The largest absolute Gasteiger partial charge is 0.497 e. The molecule has 4 heteroatoms. The maximum absolute atomic E-state index is 11.7. The van der Waals surface area contributed by atoms with Gasteiger partial charge in [0.15, 0.2) is 5.78 Å². The Morgan fingerprint density at radius 1 is 1.44 bits per heavy atom. The summed E-state index contributed by atoms with van der Waals surface area (Å²) in [5, 5.41) is 0. The van der Waals surface area contributed by atoms with Crippen molar-refractivity contribution in [2.75, 3.05) is 14.2 Å². The van der Waals surface area contributed by atoms with E-state index in [-0.39, 0.29) is 11.9 Å². The number of carbonyl (C=O) groups is 1. The van der Waals surface area contributed by atoms with Gasteiger partial charge in [-0.3, -0.25) is 4.79 Å². The molecule has 0 heterocycles. The second-order valence-electron chi connectivity index (χ2n) is 3.48. The monoisotopic (exact) mass is 286 g/mol. The van der Waals surface area contributed by atoms with Crippen molar-refractivity contribution in [3.8, 4) is 5.75 Å². The van der Waals surface area contributed by atoms with E-state index in [0.29, 0.717) is 6.42 Å². The molecule has 1 atom stereocenters. The highest BCUT2D eigenvalue weighted by Gasteiger charge is 2.14. The quantitative estimate of drug-likeness (QED) is 0.835. The lowest BCUT2D eigenvalue weighted by Crippen LogP contribution is -2.21. The van der Waals surface area contributed by atoms with Crippen LogP contribution in [0.15, 0.2) is 22.7 Å². The molecular formula is C12H15BrO3. The van der Waals surface area contributed by atoms with Gasteiger partial charge in [0.2, 0.25) is 0 Å². The SMILES string of the molecule is COc1ccc(Br)c(CC(=O)C(C)OC)c1. The summed E-state index contributed by atoms with van der Waals surface area (Å²) in [6.45, 7) is 1.75. The molecule has 0 aliphatic heterocycles. The van der Waals surface area contributed by atoms with Crippen LogP contribution in [0.1, 0.15) is 12.5 Å². The van der Waals surface area contributed by atoms with Gasteiger partial charge in [-0.05, 0) is 30.7 Å². The van der Waals surface area contributed by atoms with Crippen molar-refractivity contribution in [1.29, 1.82) is 0 Å². The number of Topliss-reactive ketones (excluding diaryl/α,β-unsaturated/α-hetero) is 1. The Morgan fingerprint density at radius 3 is 2.69 bits per heavy atom. The van der Waals surface area contributed by atoms with E-state index in [4.69, 9.17) is 9.47 Å². The van der Waals surface area contributed by atoms with Crippen molar-refractivity contribution >= 4 is 21.7 Å². The molecule has 1 unspecified atom stereocenters. The molecule has 1 aromatic carbocycles. The average Bonchev–Trinajstić information content (AvgIpc) is 2.30. The molecule has 1 aromatic rings. The van der Waals surface area contributed by atoms with Crippen molar-refractivity contribution in [1.82, 2.24) is 0 Å². The Balaban J connectivity index is 2.83. The Morgan fingerprint density at radius 2 is 2.12 bits per heavy atom. The van der Waals surface area contributed by atoms with E-state index in [2.05, 4.69) is 15.9 Å². The smallest absolute Gasteiger partial charge is 0.165 e. The van der Waals surface area contributed by atoms with Gasteiger partial charge in [-0.1, -0.05) is 15.9 Å².